The van der Waals surface area contributed by atoms with Crippen LogP contribution in [0.2, 0.25) is 0 Å². The summed E-state index contributed by atoms with van der Waals surface area (Å²) < 4.78 is 1.97. The van der Waals surface area contributed by atoms with Gasteiger partial charge in [-0.15, -0.1) is 12.4 Å². The molecule has 2 fully saturated rings. The number of nitrogens with two attached hydrogens (primary N) is 1. The minimum absolute atomic E-state index is 0. The molecule has 0 unspecified atom stereocenters. The van der Waals surface area contributed by atoms with E-state index in [-0.39, 0.29) is 36.2 Å². The van der Waals surface area contributed by atoms with Crippen molar-refractivity contribution < 1.29 is 9.59 Å². The van der Waals surface area contributed by atoms with Gasteiger partial charge < -0.3 is 15.5 Å². The third-order valence-electron chi connectivity index (χ3n) is 5.51. The minimum Gasteiger partial charge on any atom is -0.342 e. The van der Waals surface area contributed by atoms with E-state index in [2.05, 4.69) is 5.10 Å². The van der Waals surface area contributed by atoms with Gasteiger partial charge in [-0.3, -0.25) is 14.3 Å². The van der Waals surface area contributed by atoms with Crippen molar-refractivity contribution in [3.63, 3.8) is 0 Å². The number of likely N-dealkylation sites (tertiary alicyclic amines) is 2. The molecule has 2 atom stereocenters. The number of hydrogen-bond acceptors (Lipinski definition) is 4. The Morgan fingerprint density at radius 1 is 1.12 bits per heavy atom. The molecule has 0 saturated carbocycles. The van der Waals surface area contributed by atoms with Gasteiger partial charge >= 0.3 is 0 Å². The van der Waals surface area contributed by atoms with Crippen molar-refractivity contribution in [2.75, 3.05) is 26.2 Å². The summed E-state index contributed by atoms with van der Waals surface area (Å²) in [5.41, 5.74) is 6.06. The number of halogens is 1. The molecule has 146 valence electrons. The van der Waals surface area contributed by atoms with Gasteiger partial charge in [0, 0.05) is 58.1 Å². The molecule has 2 N–H and O–H groups in total. The second-order valence-electron chi connectivity index (χ2n) is 7.46. The molecule has 26 heavy (non-hydrogen) atoms. The lowest BCUT2D eigenvalue weighted by molar-refractivity contribution is -0.139. The van der Waals surface area contributed by atoms with Crippen molar-refractivity contribution in [3.8, 4) is 0 Å². The Hall–Kier alpha value is -1.60. The van der Waals surface area contributed by atoms with Gasteiger partial charge in [-0.2, -0.15) is 5.10 Å². The third kappa shape index (κ3) is 5.20. The van der Waals surface area contributed by atoms with Crippen LogP contribution in [-0.4, -0.2) is 63.6 Å². The summed E-state index contributed by atoms with van der Waals surface area (Å²) in [6.45, 7) is 5.15. The Morgan fingerprint density at radius 2 is 1.85 bits per heavy atom. The maximum atomic E-state index is 12.9. The lowest BCUT2D eigenvalue weighted by Crippen LogP contribution is -2.46. The molecule has 8 heteroatoms. The first kappa shape index (κ1) is 20.7. The fraction of sp³-hybridized carbons (Fsp3) is 0.722. The quantitative estimate of drug-likeness (QED) is 0.847. The number of amides is 2. The molecule has 2 saturated heterocycles. The molecular weight excluding hydrogens is 354 g/mol. The van der Waals surface area contributed by atoms with E-state index >= 15 is 0 Å². The van der Waals surface area contributed by atoms with Crippen molar-refractivity contribution >= 4 is 24.2 Å². The van der Waals surface area contributed by atoms with E-state index in [1.165, 1.54) is 0 Å². The predicted molar refractivity (Wildman–Crippen MR) is 102 cm³/mol. The van der Waals surface area contributed by atoms with Crippen LogP contribution in [0.1, 0.15) is 32.6 Å². The van der Waals surface area contributed by atoms with E-state index < -0.39 is 0 Å². The standard InChI is InChI=1S/C18H29N5O2.ClH/c1-14(24)22-12-16(3-4-17(19)13-22)18(25)21-9-5-15(6-10-21)11-23-8-2-7-20-23;/h2,7-8,15-17H,3-6,9-13,19H2,1H3;1H/t16-,17+;/m1./s1. The Morgan fingerprint density at radius 3 is 2.46 bits per heavy atom. The van der Waals surface area contributed by atoms with Crippen molar-refractivity contribution in [1.82, 2.24) is 19.6 Å². The summed E-state index contributed by atoms with van der Waals surface area (Å²) >= 11 is 0. The number of piperidine rings is 1. The Labute approximate surface area is 161 Å². The summed E-state index contributed by atoms with van der Waals surface area (Å²) in [7, 11) is 0. The van der Waals surface area contributed by atoms with Gasteiger partial charge in [0.2, 0.25) is 11.8 Å². The van der Waals surface area contributed by atoms with Gasteiger partial charge in [-0.1, -0.05) is 0 Å². The highest BCUT2D eigenvalue weighted by Crippen LogP contribution is 2.24. The number of carbonyl (C=O) groups excluding carboxylic acids is 2. The molecule has 0 aromatic carbocycles. The van der Waals surface area contributed by atoms with E-state index in [1.54, 1.807) is 18.0 Å². The maximum absolute atomic E-state index is 12.9. The van der Waals surface area contributed by atoms with Gasteiger partial charge in [0.15, 0.2) is 0 Å². The summed E-state index contributed by atoms with van der Waals surface area (Å²) in [6.07, 6.45) is 7.38. The Bertz CT molecular complexity index is 586. The molecule has 2 aliphatic rings. The molecule has 0 bridgehead atoms. The molecule has 3 rings (SSSR count). The van der Waals surface area contributed by atoms with Crippen LogP contribution in [0.4, 0.5) is 0 Å². The van der Waals surface area contributed by atoms with Crippen LogP contribution < -0.4 is 5.73 Å². The average Bonchev–Trinajstić information content (AvgIpc) is 3.02. The average molecular weight is 384 g/mol. The Kier molecular flexibility index (Phi) is 7.46. The second kappa shape index (κ2) is 9.37. The highest BCUT2D eigenvalue weighted by molar-refractivity contribution is 5.85. The number of rotatable bonds is 3. The molecule has 2 aliphatic heterocycles. The molecule has 7 nitrogen and oxygen atoms in total. The van der Waals surface area contributed by atoms with Crippen LogP contribution in [0.15, 0.2) is 18.5 Å². The van der Waals surface area contributed by atoms with Gasteiger partial charge in [0.05, 0.1) is 5.92 Å². The molecule has 0 aliphatic carbocycles. The molecule has 1 aromatic rings. The second-order valence-corrected chi connectivity index (χ2v) is 7.46. The Balaban J connectivity index is 0.00000243. The SMILES string of the molecule is CC(=O)N1C[C@@H](N)CC[C@@H](C(=O)N2CCC(Cn3cccn3)CC2)C1.Cl. The summed E-state index contributed by atoms with van der Waals surface area (Å²) in [5.74, 6) is 0.659. The summed E-state index contributed by atoms with van der Waals surface area (Å²) in [5, 5.41) is 4.27. The highest BCUT2D eigenvalue weighted by atomic mass is 35.5. The van der Waals surface area contributed by atoms with Gasteiger partial charge in [-0.05, 0) is 37.7 Å². The first-order valence-corrected chi connectivity index (χ1v) is 9.30. The molecule has 0 spiro atoms. The molecule has 2 amide bonds. The van der Waals surface area contributed by atoms with Gasteiger partial charge in [0.1, 0.15) is 0 Å². The van der Waals surface area contributed by atoms with Crippen LogP contribution in [0.25, 0.3) is 0 Å². The van der Waals surface area contributed by atoms with Crippen LogP contribution in [0, 0.1) is 11.8 Å². The predicted octanol–water partition coefficient (Wildman–Crippen LogP) is 1.13. The largest absolute Gasteiger partial charge is 0.342 e. The maximum Gasteiger partial charge on any atom is 0.227 e. The van der Waals surface area contributed by atoms with Crippen molar-refractivity contribution in [2.24, 2.45) is 17.6 Å². The first-order valence-electron chi connectivity index (χ1n) is 9.30. The van der Waals surface area contributed by atoms with E-state index in [4.69, 9.17) is 5.73 Å². The lowest BCUT2D eigenvalue weighted by atomic mass is 9.94. The normalized spacial score (nSPS) is 24.7. The van der Waals surface area contributed by atoms with Crippen LogP contribution in [-0.2, 0) is 16.1 Å². The van der Waals surface area contributed by atoms with Crippen molar-refractivity contribution in [3.05, 3.63) is 18.5 Å². The number of carbonyl (C=O) groups is 2. The fourth-order valence-electron chi connectivity index (χ4n) is 3.95. The number of aromatic nitrogens is 2. The van der Waals surface area contributed by atoms with E-state index in [0.29, 0.717) is 19.0 Å². The van der Waals surface area contributed by atoms with Crippen LogP contribution in [0.5, 0.6) is 0 Å². The van der Waals surface area contributed by atoms with Crippen molar-refractivity contribution in [2.45, 2.75) is 45.2 Å². The minimum atomic E-state index is -0.111. The fourth-order valence-corrected chi connectivity index (χ4v) is 3.95. The third-order valence-corrected chi connectivity index (χ3v) is 5.51. The first-order chi connectivity index (χ1) is 12.0. The van der Waals surface area contributed by atoms with Crippen LogP contribution >= 0.6 is 12.4 Å². The zero-order valence-electron chi connectivity index (χ0n) is 15.4. The molecule has 0 radical (unpaired) electrons. The number of hydrogen-bond donors (Lipinski definition) is 1. The summed E-state index contributed by atoms with van der Waals surface area (Å²) in [6, 6.07) is 1.91. The monoisotopic (exact) mass is 383 g/mol. The van der Waals surface area contributed by atoms with Gasteiger partial charge in [0.25, 0.3) is 0 Å². The van der Waals surface area contributed by atoms with E-state index in [9.17, 15) is 9.59 Å². The number of nitrogens with zero attached hydrogens (tertiary/aromatic N) is 4. The van der Waals surface area contributed by atoms with Crippen LogP contribution in [0.3, 0.4) is 0 Å². The molecule has 1 aromatic heterocycles. The zero-order valence-corrected chi connectivity index (χ0v) is 16.2. The smallest absolute Gasteiger partial charge is 0.227 e. The van der Waals surface area contributed by atoms with E-state index in [1.807, 2.05) is 21.8 Å². The zero-order chi connectivity index (χ0) is 17.8. The van der Waals surface area contributed by atoms with Crippen molar-refractivity contribution in [1.29, 1.82) is 0 Å². The topological polar surface area (TPSA) is 84.5 Å². The highest BCUT2D eigenvalue weighted by Gasteiger charge is 2.32. The molecular formula is C18H30ClN5O2. The summed E-state index contributed by atoms with van der Waals surface area (Å²) in [4.78, 5) is 28.4. The van der Waals surface area contributed by atoms with E-state index in [0.717, 1.165) is 45.3 Å². The molecule has 3 heterocycles. The lowest BCUT2D eigenvalue weighted by Gasteiger charge is -2.35. The van der Waals surface area contributed by atoms with Gasteiger partial charge in [-0.25, -0.2) is 0 Å².